The molecule has 0 spiro atoms. The van der Waals surface area contributed by atoms with Gasteiger partial charge in [0.15, 0.2) is 0 Å². The monoisotopic (exact) mass is 414 g/mol. The van der Waals surface area contributed by atoms with E-state index in [1.807, 2.05) is 11.2 Å². The van der Waals surface area contributed by atoms with Crippen LogP contribution in [0, 0.1) is 5.92 Å². The van der Waals surface area contributed by atoms with Crippen molar-refractivity contribution in [2.45, 2.75) is 57.2 Å². The number of aliphatic carboxylic acids is 1. The lowest BCUT2D eigenvalue weighted by atomic mass is 9.96. The fraction of sp³-hybridized carbons (Fsp3) is 0.842. The Labute approximate surface area is 171 Å². The van der Waals surface area contributed by atoms with Gasteiger partial charge in [0.2, 0.25) is 11.8 Å². The van der Waals surface area contributed by atoms with Crippen LogP contribution in [-0.2, 0) is 14.4 Å². The largest absolute Gasteiger partial charge is 0.480 e. The summed E-state index contributed by atoms with van der Waals surface area (Å²) < 4.78 is 0. The number of hydrogen-bond donors (Lipinski definition) is 3. The number of thioether (sulfide) groups is 1. The number of carboxylic acid groups (broad SMARTS) is 1. The highest BCUT2D eigenvalue weighted by Gasteiger charge is 2.41. The molecule has 4 N–H and O–H groups in total. The van der Waals surface area contributed by atoms with Crippen molar-refractivity contribution in [1.29, 1.82) is 0 Å². The molecule has 2 amide bonds. The molecular formula is C19H34N4O4S. The minimum atomic E-state index is -0.990. The van der Waals surface area contributed by atoms with Gasteiger partial charge in [0.25, 0.3) is 0 Å². The summed E-state index contributed by atoms with van der Waals surface area (Å²) in [7, 11) is 0. The Hall–Kier alpha value is -1.32. The highest BCUT2D eigenvalue weighted by molar-refractivity contribution is 7.98. The maximum absolute atomic E-state index is 13.0. The van der Waals surface area contributed by atoms with Gasteiger partial charge in [0, 0.05) is 19.1 Å². The lowest BCUT2D eigenvalue weighted by Gasteiger charge is -2.33. The van der Waals surface area contributed by atoms with Gasteiger partial charge < -0.3 is 21.1 Å². The SMILES string of the molecule is CC[C@H]1CCN(C[C@@H]2CCCN2C(=O)CN)[C@@H]1C(=O)N[C@@H](CCSC)C(=O)O. The van der Waals surface area contributed by atoms with Crippen LogP contribution in [0.1, 0.15) is 39.0 Å². The van der Waals surface area contributed by atoms with Gasteiger partial charge in [0.1, 0.15) is 6.04 Å². The summed E-state index contributed by atoms with van der Waals surface area (Å²) in [5.41, 5.74) is 5.54. The van der Waals surface area contributed by atoms with Crippen LogP contribution in [0.3, 0.4) is 0 Å². The molecule has 0 aliphatic carbocycles. The number of amides is 2. The van der Waals surface area contributed by atoms with Gasteiger partial charge in [0.05, 0.1) is 12.6 Å². The second-order valence-corrected chi connectivity index (χ2v) is 8.65. The minimum absolute atomic E-state index is 0.00767. The minimum Gasteiger partial charge on any atom is -0.480 e. The van der Waals surface area contributed by atoms with Gasteiger partial charge in [-0.15, -0.1) is 0 Å². The van der Waals surface area contributed by atoms with E-state index in [0.29, 0.717) is 18.7 Å². The maximum Gasteiger partial charge on any atom is 0.326 e. The molecule has 0 aromatic carbocycles. The molecule has 2 aliphatic rings. The summed E-state index contributed by atoms with van der Waals surface area (Å²) in [4.78, 5) is 40.6. The molecule has 0 saturated carbocycles. The first-order valence-electron chi connectivity index (χ1n) is 10.2. The molecule has 0 bridgehead atoms. The molecule has 9 heteroatoms. The van der Waals surface area contributed by atoms with Gasteiger partial charge in [-0.3, -0.25) is 14.5 Å². The molecule has 0 unspecified atom stereocenters. The standard InChI is InChI=1S/C19H34N4O4S/c1-3-13-6-9-22(12-14-5-4-8-23(14)16(24)11-20)17(13)18(25)21-15(19(26)27)7-10-28-2/h13-15,17H,3-12,20H2,1-2H3,(H,21,25)(H,26,27)/t13-,14-,15-,17-/m0/s1. The van der Waals surface area contributed by atoms with E-state index in [-0.39, 0.29) is 36.4 Å². The van der Waals surface area contributed by atoms with Gasteiger partial charge in [-0.05, 0) is 50.2 Å². The summed E-state index contributed by atoms with van der Waals surface area (Å²) in [5, 5.41) is 12.2. The molecule has 0 aromatic rings. The molecule has 28 heavy (non-hydrogen) atoms. The first-order chi connectivity index (χ1) is 13.4. The Kier molecular flexibility index (Phi) is 9.04. The third-order valence-electron chi connectivity index (χ3n) is 5.96. The van der Waals surface area contributed by atoms with Crippen molar-refractivity contribution >= 4 is 29.5 Å². The van der Waals surface area contributed by atoms with Gasteiger partial charge in [-0.1, -0.05) is 13.3 Å². The molecule has 0 aromatic heterocycles. The average molecular weight is 415 g/mol. The van der Waals surface area contributed by atoms with Crippen LogP contribution in [0.4, 0.5) is 0 Å². The van der Waals surface area contributed by atoms with Crippen LogP contribution in [-0.4, -0.2) is 89.0 Å². The van der Waals surface area contributed by atoms with E-state index in [1.165, 1.54) is 0 Å². The number of nitrogens with zero attached hydrogens (tertiary/aromatic N) is 2. The topological polar surface area (TPSA) is 116 Å². The van der Waals surface area contributed by atoms with E-state index in [4.69, 9.17) is 5.73 Å². The molecule has 2 rings (SSSR count). The predicted molar refractivity (Wildman–Crippen MR) is 110 cm³/mol. The Morgan fingerprint density at radius 1 is 1.29 bits per heavy atom. The molecular weight excluding hydrogens is 380 g/mol. The molecule has 2 saturated heterocycles. The fourth-order valence-corrected chi connectivity index (χ4v) is 4.90. The molecule has 4 atom stereocenters. The number of rotatable bonds is 10. The number of likely N-dealkylation sites (tertiary alicyclic amines) is 2. The lowest BCUT2D eigenvalue weighted by Crippen LogP contribution is -2.54. The van der Waals surface area contributed by atoms with E-state index >= 15 is 0 Å². The fourth-order valence-electron chi connectivity index (χ4n) is 4.43. The molecule has 2 fully saturated rings. The predicted octanol–water partition coefficient (Wildman–Crippen LogP) is 0.359. The number of nitrogens with two attached hydrogens (primary N) is 1. The Bertz CT molecular complexity index is 562. The second-order valence-electron chi connectivity index (χ2n) is 7.66. The quantitative estimate of drug-likeness (QED) is 0.473. The molecule has 0 radical (unpaired) electrons. The zero-order valence-electron chi connectivity index (χ0n) is 16.9. The number of hydrogen-bond acceptors (Lipinski definition) is 6. The van der Waals surface area contributed by atoms with Crippen molar-refractivity contribution < 1.29 is 19.5 Å². The Morgan fingerprint density at radius 2 is 2.04 bits per heavy atom. The Morgan fingerprint density at radius 3 is 2.64 bits per heavy atom. The van der Waals surface area contributed by atoms with E-state index in [1.54, 1.807) is 11.8 Å². The first-order valence-corrected chi connectivity index (χ1v) is 11.6. The van der Waals surface area contributed by atoms with Crippen molar-refractivity contribution in [2.24, 2.45) is 11.7 Å². The normalized spacial score (nSPS) is 26.4. The number of carbonyl (C=O) groups excluding carboxylic acids is 2. The summed E-state index contributed by atoms with van der Waals surface area (Å²) in [6, 6.07) is -1.12. The van der Waals surface area contributed by atoms with E-state index in [2.05, 4.69) is 17.1 Å². The maximum atomic E-state index is 13.0. The van der Waals surface area contributed by atoms with E-state index in [9.17, 15) is 19.5 Å². The zero-order chi connectivity index (χ0) is 20.7. The van der Waals surface area contributed by atoms with Crippen molar-refractivity contribution in [2.75, 3.05) is 38.2 Å². The number of nitrogens with one attached hydrogen (secondary N) is 1. The third-order valence-corrected chi connectivity index (χ3v) is 6.61. The van der Waals surface area contributed by atoms with Crippen LogP contribution >= 0.6 is 11.8 Å². The van der Waals surface area contributed by atoms with E-state index < -0.39 is 12.0 Å². The van der Waals surface area contributed by atoms with Gasteiger partial charge in [-0.2, -0.15) is 11.8 Å². The molecule has 8 nitrogen and oxygen atoms in total. The molecule has 2 aliphatic heterocycles. The van der Waals surface area contributed by atoms with Gasteiger partial charge >= 0.3 is 5.97 Å². The summed E-state index contributed by atoms with van der Waals surface area (Å²) in [6.07, 6.45) is 5.98. The summed E-state index contributed by atoms with van der Waals surface area (Å²) >= 11 is 1.57. The van der Waals surface area contributed by atoms with Crippen molar-refractivity contribution in [3.8, 4) is 0 Å². The van der Waals surface area contributed by atoms with Crippen LogP contribution in [0.25, 0.3) is 0 Å². The number of carbonyl (C=O) groups is 3. The zero-order valence-corrected chi connectivity index (χ0v) is 17.7. The smallest absolute Gasteiger partial charge is 0.326 e. The molecule has 160 valence electrons. The second kappa shape index (κ2) is 11.0. The van der Waals surface area contributed by atoms with Crippen molar-refractivity contribution in [1.82, 2.24) is 15.1 Å². The van der Waals surface area contributed by atoms with Crippen LogP contribution in [0.5, 0.6) is 0 Å². The van der Waals surface area contributed by atoms with Gasteiger partial charge in [-0.25, -0.2) is 4.79 Å². The third kappa shape index (κ3) is 5.61. The highest BCUT2D eigenvalue weighted by Crippen LogP contribution is 2.30. The van der Waals surface area contributed by atoms with E-state index in [0.717, 1.165) is 38.8 Å². The summed E-state index contributed by atoms with van der Waals surface area (Å²) in [6.45, 7) is 4.23. The van der Waals surface area contributed by atoms with Crippen LogP contribution in [0.2, 0.25) is 0 Å². The average Bonchev–Trinajstić information content (AvgIpc) is 3.31. The van der Waals surface area contributed by atoms with Crippen molar-refractivity contribution in [3.63, 3.8) is 0 Å². The molecule has 2 heterocycles. The lowest BCUT2D eigenvalue weighted by molar-refractivity contribution is -0.143. The van der Waals surface area contributed by atoms with Crippen LogP contribution < -0.4 is 11.1 Å². The first kappa shape index (κ1) is 23.0. The Balaban J connectivity index is 2.06. The highest BCUT2D eigenvalue weighted by atomic mass is 32.2. The summed E-state index contributed by atoms with van der Waals surface area (Å²) in [5.74, 6) is -0.350. The van der Waals surface area contributed by atoms with Crippen LogP contribution in [0.15, 0.2) is 0 Å². The van der Waals surface area contributed by atoms with Crippen molar-refractivity contribution in [3.05, 3.63) is 0 Å². The number of carboxylic acids is 1.